The Kier molecular flexibility index (Phi) is 5.25. The van der Waals surface area contributed by atoms with Gasteiger partial charge in [-0.3, -0.25) is 0 Å². The Bertz CT molecular complexity index is 932. The van der Waals surface area contributed by atoms with Gasteiger partial charge in [-0.05, 0) is 58.9 Å². The molecule has 3 heteroatoms. The number of benzene rings is 2. The van der Waals surface area contributed by atoms with Crippen molar-refractivity contribution in [2.75, 3.05) is 12.4 Å². The molecule has 1 aromatic heterocycles. The van der Waals surface area contributed by atoms with Crippen LogP contribution >= 0.6 is 0 Å². The highest BCUT2D eigenvalue weighted by Crippen LogP contribution is 2.55. The number of hydrogen-bond donors (Lipinski definition) is 2. The average Bonchev–Trinajstić information content (AvgIpc) is 3.36. The Morgan fingerprint density at radius 2 is 1.61 bits per heavy atom. The van der Waals surface area contributed by atoms with Crippen molar-refractivity contribution in [2.45, 2.75) is 57.8 Å². The van der Waals surface area contributed by atoms with E-state index >= 15 is 0 Å². The highest BCUT2D eigenvalue weighted by atomic mass is 14.9. The van der Waals surface area contributed by atoms with Gasteiger partial charge >= 0.3 is 0 Å². The summed E-state index contributed by atoms with van der Waals surface area (Å²) in [5, 5.41) is 3.35. The molecule has 0 fully saturated rings. The molecule has 4 rings (SSSR count). The van der Waals surface area contributed by atoms with Crippen molar-refractivity contribution >= 4 is 5.69 Å². The lowest BCUT2D eigenvalue weighted by molar-refractivity contribution is 0.414. The molecular formula is C25H31N3. The summed E-state index contributed by atoms with van der Waals surface area (Å²) in [6.45, 7) is 4.60. The van der Waals surface area contributed by atoms with Crippen LogP contribution in [0.5, 0.6) is 0 Å². The molecule has 0 atom stereocenters. The van der Waals surface area contributed by atoms with Crippen molar-refractivity contribution in [1.29, 1.82) is 0 Å². The third kappa shape index (κ3) is 3.03. The number of imidazole rings is 1. The maximum Gasteiger partial charge on any atom is 0.0924 e. The minimum atomic E-state index is 0.111. The van der Waals surface area contributed by atoms with Gasteiger partial charge in [0.05, 0.1) is 18.2 Å². The fraction of sp³-hybridized carbons (Fsp3) is 0.400. The minimum absolute atomic E-state index is 0.111. The van der Waals surface area contributed by atoms with E-state index in [0.717, 1.165) is 5.69 Å². The van der Waals surface area contributed by atoms with E-state index in [1.807, 2.05) is 13.2 Å². The SMILES string of the molecule is CCCCC1(CCCC)c2cc(NC)ccc2-c2ccc(-c3cnc[nH]3)cc21. The Balaban J connectivity index is 1.93. The first-order chi connectivity index (χ1) is 13.7. The molecule has 0 aliphatic heterocycles. The van der Waals surface area contributed by atoms with E-state index in [0.29, 0.717) is 0 Å². The predicted molar refractivity (Wildman–Crippen MR) is 119 cm³/mol. The molecular weight excluding hydrogens is 342 g/mol. The van der Waals surface area contributed by atoms with Crippen LogP contribution in [0, 0.1) is 0 Å². The fourth-order valence-corrected chi connectivity index (χ4v) is 4.85. The standard InChI is InChI=1S/C25H31N3/c1-4-6-12-25(13-7-5-2)22-14-18(24-16-27-17-28-24)8-10-20(22)21-11-9-19(26-3)15-23(21)25/h8-11,14-17,26H,4-7,12-13H2,1-3H3,(H,27,28). The number of H-pyrrole nitrogens is 1. The molecule has 0 saturated carbocycles. The summed E-state index contributed by atoms with van der Waals surface area (Å²) in [4.78, 5) is 7.50. The van der Waals surface area contributed by atoms with Crippen molar-refractivity contribution in [3.05, 3.63) is 60.0 Å². The summed E-state index contributed by atoms with van der Waals surface area (Å²) in [5.74, 6) is 0. The van der Waals surface area contributed by atoms with E-state index in [-0.39, 0.29) is 5.41 Å². The molecule has 1 aliphatic rings. The van der Waals surface area contributed by atoms with E-state index in [1.165, 1.54) is 72.0 Å². The van der Waals surface area contributed by atoms with E-state index in [1.54, 1.807) is 6.33 Å². The first-order valence-corrected chi connectivity index (χ1v) is 10.7. The monoisotopic (exact) mass is 373 g/mol. The molecule has 0 bridgehead atoms. The molecule has 3 nitrogen and oxygen atoms in total. The number of rotatable bonds is 8. The smallest absolute Gasteiger partial charge is 0.0924 e. The van der Waals surface area contributed by atoms with E-state index in [4.69, 9.17) is 0 Å². The molecule has 28 heavy (non-hydrogen) atoms. The highest BCUT2D eigenvalue weighted by Gasteiger charge is 2.42. The van der Waals surface area contributed by atoms with Crippen LogP contribution in [0.4, 0.5) is 5.69 Å². The zero-order valence-corrected chi connectivity index (χ0v) is 17.3. The second kappa shape index (κ2) is 7.83. The fourth-order valence-electron chi connectivity index (χ4n) is 4.85. The molecule has 2 aromatic carbocycles. The van der Waals surface area contributed by atoms with Crippen LogP contribution < -0.4 is 5.32 Å². The summed E-state index contributed by atoms with van der Waals surface area (Å²) in [6, 6.07) is 13.9. The van der Waals surface area contributed by atoms with Crippen LogP contribution in [0.15, 0.2) is 48.9 Å². The van der Waals surface area contributed by atoms with Gasteiger partial charge in [-0.15, -0.1) is 0 Å². The zero-order valence-electron chi connectivity index (χ0n) is 17.3. The number of fused-ring (bicyclic) bond motifs is 3. The second-order valence-corrected chi connectivity index (χ2v) is 8.03. The Hall–Kier alpha value is -2.55. The molecule has 0 radical (unpaired) electrons. The molecule has 3 aromatic rings. The van der Waals surface area contributed by atoms with Gasteiger partial charge in [-0.25, -0.2) is 4.98 Å². The van der Waals surface area contributed by atoms with Crippen LogP contribution in [0.3, 0.4) is 0 Å². The number of nitrogens with one attached hydrogen (secondary N) is 2. The second-order valence-electron chi connectivity index (χ2n) is 8.03. The average molecular weight is 374 g/mol. The van der Waals surface area contributed by atoms with Crippen LogP contribution in [0.25, 0.3) is 22.4 Å². The van der Waals surface area contributed by atoms with Crippen LogP contribution in [0.1, 0.15) is 63.5 Å². The maximum absolute atomic E-state index is 4.23. The summed E-state index contributed by atoms with van der Waals surface area (Å²) in [6.07, 6.45) is 11.1. The molecule has 1 aliphatic carbocycles. The quantitative estimate of drug-likeness (QED) is 0.457. The van der Waals surface area contributed by atoms with Crippen LogP contribution in [-0.2, 0) is 5.41 Å². The lowest BCUT2D eigenvalue weighted by atomic mass is 9.70. The van der Waals surface area contributed by atoms with Crippen LogP contribution in [-0.4, -0.2) is 17.0 Å². The van der Waals surface area contributed by atoms with Gasteiger partial charge in [0.1, 0.15) is 0 Å². The van der Waals surface area contributed by atoms with Crippen molar-refractivity contribution in [2.24, 2.45) is 0 Å². The normalized spacial score (nSPS) is 14.0. The number of aromatic amines is 1. The molecule has 0 saturated heterocycles. The Labute approximate surface area is 168 Å². The number of aromatic nitrogens is 2. The third-order valence-corrected chi connectivity index (χ3v) is 6.37. The first-order valence-electron chi connectivity index (χ1n) is 10.7. The first kappa shape index (κ1) is 18.8. The Morgan fingerprint density at radius 1 is 0.929 bits per heavy atom. The Morgan fingerprint density at radius 3 is 2.21 bits per heavy atom. The number of nitrogens with zero attached hydrogens (tertiary/aromatic N) is 1. The molecule has 0 spiro atoms. The lowest BCUT2D eigenvalue weighted by Crippen LogP contribution is -2.25. The number of unbranched alkanes of at least 4 members (excludes halogenated alkanes) is 2. The van der Waals surface area contributed by atoms with Gasteiger partial charge in [0.25, 0.3) is 0 Å². The van der Waals surface area contributed by atoms with Gasteiger partial charge in [-0.2, -0.15) is 0 Å². The van der Waals surface area contributed by atoms with Crippen molar-refractivity contribution in [1.82, 2.24) is 9.97 Å². The largest absolute Gasteiger partial charge is 0.388 e. The van der Waals surface area contributed by atoms with E-state index in [2.05, 4.69) is 65.5 Å². The summed E-state index contributed by atoms with van der Waals surface area (Å²) in [7, 11) is 2.01. The molecule has 2 N–H and O–H groups in total. The van der Waals surface area contributed by atoms with Crippen LogP contribution in [0.2, 0.25) is 0 Å². The predicted octanol–water partition coefficient (Wildman–Crippen LogP) is 6.77. The van der Waals surface area contributed by atoms with Gasteiger partial charge in [0, 0.05) is 18.2 Å². The molecule has 146 valence electrons. The molecule has 1 heterocycles. The van der Waals surface area contributed by atoms with Crippen molar-refractivity contribution in [3.63, 3.8) is 0 Å². The molecule has 0 unspecified atom stereocenters. The van der Waals surface area contributed by atoms with E-state index in [9.17, 15) is 0 Å². The third-order valence-electron chi connectivity index (χ3n) is 6.37. The van der Waals surface area contributed by atoms with Gasteiger partial charge < -0.3 is 10.3 Å². The topological polar surface area (TPSA) is 40.7 Å². The van der Waals surface area contributed by atoms with Gasteiger partial charge in [0.15, 0.2) is 0 Å². The van der Waals surface area contributed by atoms with E-state index < -0.39 is 0 Å². The summed E-state index contributed by atoms with van der Waals surface area (Å²) in [5.41, 5.74) is 9.48. The summed E-state index contributed by atoms with van der Waals surface area (Å²) >= 11 is 0. The van der Waals surface area contributed by atoms with Gasteiger partial charge in [-0.1, -0.05) is 57.7 Å². The lowest BCUT2D eigenvalue weighted by Gasteiger charge is -2.33. The van der Waals surface area contributed by atoms with Crippen molar-refractivity contribution < 1.29 is 0 Å². The summed E-state index contributed by atoms with van der Waals surface area (Å²) < 4.78 is 0. The van der Waals surface area contributed by atoms with Gasteiger partial charge in [0.2, 0.25) is 0 Å². The van der Waals surface area contributed by atoms with Crippen molar-refractivity contribution in [3.8, 4) is 22.4 Å². The number of anilines is 1. The highest BCUT2D eigenvalue weighted by molar-refractivity contribution is 5.84. The molecule has 0 amide bonds. The zero-order chi connectivity index (χ0) is 19.6. The minimum Gasteiger partial charge on any atom is -0.388 e. The maximum atomic E-state index is 4.23. The number of hydrogen-bond acceptors (Lipinski definition) is 2.